The summed E-state index contributed by atoms with van der Waals surface area (Å²) in [7, 11) is 0. The van der Waals surface area contributed by atoms with Crippen LogP contribution >= 0.6 is 15.9 Å². The average Bonchev–Trinajstić information content (AvgIpc) is 1.85. The molecule has 3 unspecified atom stereocenters. The van der Waals surface area contributed by atoms with Crippen LogP contribution in [0.5, 0.6) is 0 Å². The van der Waals surface area contributed by atoms with Gasteiger partial charge in [-0.05, 0) is 13.3 Å². The van der Waals surface area contributed by atoms with Crippen LogP contribution in [0.2, 0.25) is 0 Å². The van der Waals surface area contributed by atoms with Crippen LogP contribution < -0.4 is 0 Å². The van der Waals surface area contributed by atoms with Gasteiger partial charge in [0.15, 0.2) is 6.29 Å². The van der Waals surface area contributed by atoms with Crippen molar-refractivity contribution in [3.05, 3.63) is 0 Å². The number of halogens is 1. The zero-order valence-electron chi connectivity index (χ0n) is 4.67. The van der Waals surface area contributed by atoms with E-state index in [1.165, 1.54) is 0 Å². The van der Waals surface area contributed by atoms with Crippen LogP contribution in [0.4, 0.5) is 0 Å². The van der Waals surface area contributed by atoms with E-state index in [4.69, 9.17) is 9.84 Å². The van der Waals surface area contributed by atoms with Crippen molar-refractivity contribution in [1.29, 1.82) is 0 Å². The van der Waals surface area contributed by atoms with Crippen molar-refractivity contribution in [2.45, 2.75) is 30.6 Å². The molecule has 0 aromatic heterocycles. The highest BCUT2D eigenvalue weighted by Gasteiger charge is 2.28. The van der Waals surface area contributed by atoms with Gasteiger partial charge in [-0.15, -0.1) is 0 Å². The quantitative estimate of drug-likeness (QED) is 0.562. The SMILES string of the molecule is CC1CC(Br)C(O)O1. The predicted molar refractivity (Wildman–Crippen MR) is 33.9 cm³/mol. The number of hydrogen-bond donors (Lipinski definition) is 1. The molecule has 0 bridgehead atoms. The minimum atomic E-state index is -0.593. The average molecular weight is 181 g/mol. The number of hydrogen-bond acceptors (Lipinski definition) is 2. The number of ether oxygens (including phenoxy) is 1. The molecule has 1 fully saturated rings. The second-order valence-electron chi connectivity index (χ2n) is 2.09. The molecule has 1 heterocycles. The Bertz CT molecular complexity index is 76.5. The fraction of sp³-hybridized carbons (Fsp3) is 1.00. The lowest BCUT2D eigenvalue weighted by atomic mass is 10.3. The molecule has 48 valence electrons. The van der Waals surface area contributed by atoms with Gasteiger partial charge in [0.25, 0.3) is 0 Å². The highest BCUT2D eigenvalue weighted by atomic mass is 79.9. The van der Waals surface area contributed by atoms with E-state index in [2.05, 4.69) is 15.9 Å². The Labute approximate surface area is 57.0 Å². The highest BCUT2D eigenvalue weighted by molar-refractivity contribution is 9.09. The Kier molecular flexibility index (Phi) is 1.90. The van der Waals surface area contributed by atoms with Gasteiger partial charge in [-0.2, -0.15) is 0 Å². The van der Waals surface area contributed by atoms with Gasteiger partial charge in [0.1, 0.15) is 0 Å². The topological polar surface area (TPSA) is 29.5 Å². The molecule has 1 rings (SSSR count). The number of rotatable bonds is 0. The van der Waals surface area contributed by atoms with E-state index in [1.807, 2.05) is 6.92 Å². The third-order valence-electron chi connectivity index (χ3n) is 1.24. The molecule has 3 heteroatoms. The molecular weight excluding hydrogens is 172 g/mol. The number of aliphatic hydroxyl groups is 1. The fourth-order valence-corrected chi connectivity index (χ4v) is 1.46. The maximum absolute atomic E-state index is 8.90. The molecule has 0 amide bonds. The summed E-state index contributed by atoms with van der Waals surface area (Å²) in [6, 6.07) is 0. The molecule has 1 saturated heterocycles. The van der Waals surface area contributed by atoms with Crippen LogP contribution in [0.15, 0.2) is 0 Å². The second-order valence-corrected chi connectivity index (χ2v) is 3.27. The smallest absolute Gasteiger partial charge is 0.167 e. The largest absolute Gasteiger partial charge is 0.367 e. The zero-order chi connectivity index (χ0) is 6.15. The summed E-state index contributed by atoms with van der Waals surface area (Å²) in [6.45, 7) is 1.95. The van der Waals surface area contributed by atoms with E-state index in [0.29, 0.717) is 0 Å². The van der Waals surface area contributed by atoms with Gasteiger partial charge in [0.2, 0.25) is 0 Å². The first-order valence-corrected chi connectivity index (χ1v) is 3.59. The molecule has 1 aliphatic rings. The molecule has 3 atom stereocenters. The van der Waals surface area contributed by atoms with Crippen LogP contribution in [0.1, 0.15) is 13.3 Å². The van der Waals surface area contributed by atoms with Crippen LogP contribution in [-0.4, -0.2) is 22.3 Å². The summed E-state index contributed by atoms with van der Waals surface area (Å²) >= 11 is 3.27. The minimum absolute atomic E-state index is 0.137. The van der Waals surface area contributed by atoms with E-state index < -0.39 is 6.29 Å². The first-order valence-electron chi connectivity index (χ1n) is 2.68. The molecule has 0 aromatic carbocycles. The van der Waals surface area contributed by atoms with Gasteiger partial charge in [-0.3, -0.25) is 0 Å². The predicted octanol–water partition coefficient (Wildman–Crippen LogP) is 0.877. The summed E-state index contributed by atoms with van der Waals surface area (Å²) in [5, 5.41) is 8.90. The lowest BCUT2D eigenvalue weighted by molar-refractivity contribution is -0.0820. The summed E-state index contributed by atoms with van der Waals surface area (Å²) in [6.07, 6.45) is 0.514. The van der Waals surface area contributed by atoms with Gasteiger partial charge in [-0.25, -0.2) is 0 Å². The highest BCUT2D eigenvalue weighted by Crippen LogP contribution is 2.23. The van der Waals surface area contributed by atoms with Crippen molar-refractivity contribution in [3.8, 4) is 0 Å². The van der Waals surface area contributed by atoms with Crippen LogP contribution in [-0.2, 0) is 4.74 Å². The van der Waals surface area contributed by atoms with Crippen LogP contribution in [0.3, 0.4) is 0 Å². The monoisotopic (exact) mass is 180 g/mol. The lowest BCUT2D eigenvalue weighted by Crippen LogP contribution is -2.13. The van der Waals surface area contributed by atoms with Crippen molar-refractivity contribution in [2.24, 2.45) is 0 Å². The molecule has 0 aromatic rings. The summed E-state index contributed by atoms with van der Waals surface area (Å²) in [5.74, 6) is 0. The Morgan fingerprint density at radius 1 is 1.75 bits per heavy atom. The third-order valence-corrected chi connectivity index (χ3v) is 2.06. The van der Waals surface area contributed by atoms with Gasteiger partial charge in [0, 0.05) is 0 Å². The molecule has 0 aliphatic carbocycles. The van der Waals surface area contributed by atoms with E-state index in [1.54, 1.807) is 0 Å². The zero-order valence-corrected chi connectivity index (χ0v) is 6.26. The third kappa shape index (κ3) is 1.21. The molecule has 0 spiro atoms. The van der Waals surface area contributed by atoms with Crippen molar-refractivity contribution in [3.63, 3.8) is 0 Å². The van der Waals surface area contributed by atoms with E-state index in [0.717, 1.165) is 6.42 Å². The molecule has 0 radical (unpaired) electrons. The number of aliphatic hydroxyl groups excluding tert-OH is 1. The molecule has 1 aliphatic heterocycles. The summed E-state index contributed by atoms with van der Waals surface area (Å²) < 4.78 is 4.98. The molecule has 8 heavy (non-hydrogen) atoms. The lowest BCUT2D eigenvalue weighted by Gasteiger charge is -2.03. The first-order chi connectivity index (χ1) is 3.70. The maximum Gasteiger partial charge on any atom is 0.167 e. The molecule has 0 saturated carbocycles. The standard InChI is InChI=1S/C5H9BrO2/c1-3-2-4(6)5(7)8-3/h3-5,7H,2H2,1H3. The molecular formula is C5H9BrO2. The second kappa shape index (κ2) is 2.33. The van der Waals surface area contributed by atoms with Gasteiger partial charge in [0.05, 0.1) is 10.9 Å². The Morgan fingerprint density at radius 2 is 2.38 bits per heavy atom. The van der Waals surface area contributed by atoms with Crippen LogP contribution in [0.25, 0.3) is 0 Å². The van der Waals surface area contributed by atoms with Crippen LogP contribution in [0, 0.1) is 0 Å². The normalized spacial score (nSPS) is 47.6. The van der Waals surface area contributed by atoms with Gasteiger partial charge >= 0.3 is 0 Å². The van der Waals surface area contributed by atoms with Crippen molar-refractivity contribution in [1.82, 2.24) is 0 Å². The van der Waals surface area contributed by atoms with Gasteiger partial charge in [-0.1, -0.05) is 15.9 Å². The van der Waals surface area contributed by atoms with Crippen molar-refractivity contribution in [2.75, 3.05) is 0 Å². The Balaban J connectivity index is 2.39. The van der Waals surface area contributed by atoms with Gasteiger partial charge < -0.3 is 9.84 Å². The summed E-state index contributed by atoms with van der Waals surface area (Å²) in [4.78, 5) is 0.137. The summed E-state index contributed by atoms with van der Waals surface area (Å²) in [5.41, 5.74) is 0. The van der Waals surface area contributed by atoms with E-state index >= 15 is 0 Å². The first kappa shape index (κ1) is 6.52. The minimum Gasteiger partial charge on any atom is -0.367 e. The molecule has 2 nitrogen and oxygen atoms in total. The van der Waals surface area contributed by atoms with E-state index in [9.17, 15) is 0 Å². The van der Waals surface area contributed by atoms with Crippen molar-refractivity contribution < 1.29 is 9.84 Å². The Hall–Kier alpha value is 0.400. The van der Waals surface area contributed by atoms with E-state index in [-0.39, 0.29) is 10.9 Å². The maximum atomic E-state index is 8.90. The number of alkyl halides is 1. The molecule has 1 N–H and O–H groups in total. The Morgan fingerprint density at radius 3 is 2.50 bits per heavy atom. The fourth-order valence-electron chi connectivity index (χ4n) is 0.812. The van der Waals surface area contributed by atoms with Crippen molar-refractivity contribution >= 4 is 15.9 Å².